The van der Waals surface area contributed by atoms with Gasteiger partial charge in [0.25, 0.3) is 0 Å². The van der Waals surface area contributed by atoms with E-state index in [0.29, 0.717) is 32.2 Å². The van der Waals surface area contributed by atoms with E-state index in [0.717, 1.165) is 5.56 Å². The number of urea groups is 1. The molecule has 192 valence electrons. The zero-order valence-electron chi connectivity index (χ0n) is 20.6. The third kappa shape index (κ3) is 6.30. The van der Waals surface area contributed by atoms with Crippen LogP contribution in [-0.4, -0.2) is 89.7 Å². The van der Waals surface area contributed by atoms with Crippen molar-refractivity contribution in [2.24, 2.45) is 5.92 Å². The van der Waals surface area contributed by atoms with E-state index in [4.69, 9.17) is 4.74 Å². The Morgan fingerprint density at radius 1 is 1.20 bits per heavy atom. The summed E-state index contributed by atoms with van der Waals surface area (Å²) >= 11 is 0. The Morgan fingerprint density at radius 3 is 2.54 bits per heavy atom. The molecule has 0 unspecified atom stereocenters. The zero-order valence-corrected chi connectivity index (χ0v) is 20.6. The van der Waals surface area contributed by atoms with Crippen molar-refractivity contribution in [2.75, 3.05) is 26.7 Å². The maximum Gasteiger partial charge on any atom is 0.326 e. The van der Waals surface area contributed by atoms with Crippen LogP contribution in [-0.2, 0) is 25.5 Å². The van der Waals surface area contributed by atoms with Crippen LogP contribution in [0.15, 0.2) is 30.3 Å². The number of carbonyl (C=O) groups excluding carboxylic acids is 3. The van der Waals surface area contributed by atoms with Crippen molar-refractivity contribution >= 4 is 23.9 Å². The van der Waals surface area contributed by atoms with Gasteiger partial charge < -0.3 is 25.0 Å². The minimum absolute atomic E-state index is 0.00657. The number of hydrogen-bond donors (Lipinski definition) is 3. The van der Waals surface area contributed by atoms with E-state index in [2.05, 4.69) is 10.6 Å². The minimum Gasteiger partial charge on any atom is -0.480 e. The summed E-state index contributed by atoms with van der Waals surface area (Å²) in [6, 6.07) is 6.60. The molecule has 2 aliphatic heterocycles. The molecule has 2 fully saturated rings. The molecule has 1 aromatic carbocycles. The molecule has 0 radical (unpaired) electrons. The topological polar surface area (TPSA) is 128 Å². The fourth-order valence-corrected chi connectivity index (χ4v) is 5.15. The number of amides is 3. The van der Waals surface area contributed by atoms with Gasteiger partial charge in [-0.15, -0.1) is 0 Å². The molecule has 0 spiro atoms. The standard InChI is InChI=1S/C25H36N4O6/c1-4-35-24(33)19(11-10-17-8-6-5-7-9-17)27-16(2)22(30)29-20(23(31)32)14-18-12-13-28(15-21(18)29)25(34)26-3/h5-9,16,18-21,27H,4,10-15H2,1-3H3,(H,26,34)(H,31,32)/t16-,18-,19-,20-,21+/m1/s1. The number of aliphatic carboxylic acids is 1. The summed E-state index contributed by atoms with van der Waals surface area (Å²) in [5.41, 5.74) is 1.06. The van der Waals surface area contributed by atoms with Gasteiger partial charge in [-0.2, -0.15) is 0 Å². The van der Waals surface area contributed by atoms with Gasteiger partial charge in [-0.05, 0) is 51.0 Å². The number of fused-ring (bicyclic) bond motifs is 1. The predicted octanol–water partition coefficient (Wildman–Crippen LogP) is 1.24. The monoisotopic (exact) mass is 488 g/mol. The molecule has 0 saturated carbocycles. The van der Waals surface area contributed by atoms with Crippen LogP contribution in [0.5, 0.6) is 0 Å². The number of nitrogens with zero attached hydrogens (tertiary/aromatic N) is 2. The van der Waals surface area contributed by atoms with Crippen LogP contribution >= 0.6 is 0 Å². The van der Waals surface area contributed by atoms with Crippen LogP contribution in [0.3, 0.4) is 0 Å². The van der Waals surface area contributed by atoms with E-state index in [1.54, 1.807) is 25.8 Å². The molecule has 2 saturated heterocycles. The Morgan fingerprint density at radius 2 is 1.91 bits per heavy atom. The highest BCUT2D eigenvalue weighted by molar-refractivity contribution is 5.88. The third-order valence-corrected chi connectivity index (χ3v) is 6.94. The summed E-state index contributed by atoms with van der Waals surface area (Å²) in [7, 11) is 1.54. The van der Waals surface area contributed by atoms with Gasteiger partial charge >= 0.3 is 18.0 Å². The Hall–Kier alpha value is -3.14. The van der Waals surface area contributed by atoms with E-state index in [-0.39, 0.29) is 31.1 Å². The van der Waals surface area contributed by atoms with Crippen molar-refractivity contribution in [3.05, 3.63) is 35.9 Å². The molecule has 10 heteroatoms. The lowest BCUT2D eigenvalue weighted by atomic mass is 9.91. The number of carboxylic acids is 1. The maximum atomic E-state index is 13.6. The van der Waals surface area contributed by atoms with Crippen molar-refractivity contribution in [2.45, 2.75) is 63.7 Å². The second-order valence-corrected chi connectivity index (χ2v) is 9.17. The average molecular weight is 489 g/mol. The van der Waals surface area contributed by atoms with Crippen molar-refractivity contribution in [3.8, 4) is 0 Å². The molecule has 5 atom stereocenters. The van der Waals surface area contributed by atoms with Gasteiger partial charge in [-0.1, -0.05) is 30.3 Å². The van der Waals surface area contributed by atoms with E-state index >= 15 is 0 Å². The molecule has 2 aliphatic rings. The highest BCUT2D eigenvalue weighted by Crippen LogP contribution is 2.36. The van der Waals surface area contributed by atoms with Gasteiger partial charge in [0.2, 0.25) is 5.91 Å². The molecular formula is C25H36N4O6. The highest BCUT2D eigenvalue weighted by Gasteiger charge is 2.50. The lowest BCUT2D eigenvalue weighted by Crippen LogP contribution is -2.59. The molecule has 10 nitrogen and oxygen atoms in total. The van der Waals surface area contributed by atoms with Crippen molar-refractivity contribution in [1.82, 2.24) is 20.4 Å². The first-order valence-corrected chi connectivity index (χ1v) is 12.2. The van der Waals surface area contributed by atoms with Gasteiger partial charge in [-0.3, -0.25) is 14.9 Å². The van der Waals surface area contributed by atoms with Crippen LogP contribution in [0.25, 0.3) is 0 Å². The molecule has 0 aromatic heterocycles. The average Bonchev–Trinajstić information content (AvgIpc) is 3.25. The number of carboxylic acid groups (broad SMARTS) is 1. The molecule has 3 N–H and O–H groups in total. The van der Waals surface area contributed by atoms with Crippen LogP contribution in [0.1, 0.15) is 38.7 Å². The Bertz CT molecular complexity index is 910. The Labute approximate surface area is 206 Å². The zero-order chi connectivity index (χ0) is 25.5. The lowest BCUT2D eigenvalue weighted by molar-refractivity contribution is -0.152. The Kier molecular flexibility index (Phi) is 9.08. The maximum absolute atomic E-state index is 13.6. The first kappa shape index (κ1) is 26.5. The minimum atomic E-state index is -1.06. The van der Waals surface area contributed by atoms with Gasteiger partial charge in [0.1, 0.15) is 12.1 Å². The summed E-state index contributed by atoms with van der Waals surface area (Å²) in [4.78, 5) is 53.5. The second-order valence-electron chi connectivity index (χ2n) is 9.17. The number of nitrogens with one attached hydrogen (secondary N) is 2. The smallest absolute Gasteiger partial charge is 0.326 e. The largest absolute Gasteiger partial charge is 0.480 e. The van der Waals surface area contributed by atoms with E-state index < -0.39 is 36.0 Å². The number of rotatable bonds is 9. The van der Waals surface area contributed by atoms with E-state index in [1.807, 2.05) is 30.3 Å². The molecule has 0 bridgehead atoms. The number of esters is 1. The number of hydrogen-bond acceptors (Lipinski definition) is 6. The number of carbonyl (C=O) groups is 4. The molecular weight excluding hydrogens is 452 g/mol. The van der Waals surface area contributed by atoms with Crippen molar-refractivity contribution < 1.29 is 29.0 Å². The number of ether oxygens (including phenoxy) is 1. The van der Waals surface area contributed by atoms with Crippen LogP contribution in [0.4, 0.5) is 4.79 Å². The molecule has 3 amide bonds. The number of piperidine rings is 1. The van der Waals surface area contributed by atoms with E-state index in [1.165, 1.54) is 4.90 Å². The lowest BCUT2D eigenvalue weighted by Gasteiger charge is -2.39. The van der Waals surface area contributed by atoms with Gasteiger partial charge in [0.15, 0.2) is 0 Å². The third-order valence-electron chi connectivity index (χ3n) is 6.94. The van der Waals surface area contributed by atoms with E-state index in [9.17, 15) is 24.3 Å². The highest BCUT2D eigenvalue weighted by atomic mass is 16.5. The van der Waals surface area contributed by atoms with Crippen LogP contribution in [0, 0.1) is 5.92 Å². The Balaban J connectivity index is 1.74. The molecule has 3 rings (SSSR count). The predicted molar refractivity (Wildman–Crippen MR) is 129 cm³/mol. The molecule has 0 aliphatic carbocycles. The first-order valence-electron chi connectivity index (χ1n) is 12.2. The second kappa shape index (κ2) is 12.0. The van der Waals surface area contributed by atoms with Gasteiger partial charge in [0.05, 0.1) is 18.7 Å². The fraction of sp³-hybridized carbons (Fsp3) is 0.600. The quantitative estimate of drug-likeness (QED) is 0.446. The molecule has 2 heterocycles. The SMILES string of the molecule is CCOC(=O)[C@@H](CCc1ccccc1)N[C@H](C)C(=O)N1[C@@H](C(=O)O)C[C@H]2CCN(C(=O)NC)C[C@@H]21. The summed E-state index contributed by atoms with van der Waals surface area (Å²) in [6.45, 7) is 4.39. The van der Waals surface area contributed by atoms with Crippen LogP contribution in [0.2, 0.25) is 0 Å². The number of likely N-dealkylation sites (tertiary alicyclic amines) is 2. The van der Waals surface area contributed by atoms with Crippen molar-refractivity contribution in [1.29, 1.82) is 0 Å². The normalized spacial score (nSPS) is 23.2. The summed E-state index contributed by atoms with van der Waals surface area (Å²) in [5.74, 6) is -1.89. The summed E-state index contributed by atoms with van der Waals surface area (Å²) in [5, 5.41) is 15.5. The molecule has 35 heavy (non-hydrogen) atoms. The van der Waals surface area contributed by atoms with Gasteiger partial charge in [0, 0.05) is 20.1 Å². The van der Waals surface area contributed by atoms with Crippen LogP contribution < -0.4 is 10.6 Å². The first-order chi connectivity index (χ1) is 16.8. The summed E-state index contributed by atoms with van der Waals surface area (Å²) < 4.78 is 5.23. The van der Waals surface area contributed by atoms with Crippen molar-refractivity contribution in [3.63, 3.8) is 0 Å². The summed E-state index contributed by atoms with van der Waals surface area (Å²) in [6.07, 6.45) is 2.04. The number of benzene rings is 1. The fourth-order valence-electron chi connectivity index (χ4n) is 5.15. The molecule has 1 aromatic rings. The van der Waals surface area contributed by atoms with Gasteiger partial charge in [-0.25, -0.2) is 9.59 Å². The number of aryl methyl sites for hydroxylation is 1.